The number of carbonyl (C=O) groups is 1. The Morgan fingerprint density at radius 2 is 2.25 bits per heavy atom. The number of rotatable bonds is 3. The van der Waals surface area contributed by atoms with Crippen molar-refractivity contribution in [1.82, 2.24) is 14.7 Å². The van der Waals surface area contributed by atoms with Crippen LogP contribution in [0.5, 0.6) is 0 Å². The molecule has 130 valence electrons. The predicted molar refractivity (Wildman–Crippen MR) is 84.4 cm³/mol. The second kappa shape index (κ2) is 6.18. The van der Waals surface area contributed by atoms with E-state index in [1.807, 2.05) is 20.8 Å². The van der Waals surface area contributed by atoms with Gasteiger partial charge < -0.3 is 18.5 Å². The van der Waals surface area contributed by atoms with Crippen molar-refractivity contribution in [2.24, 2.45) is 5.92 Å². The number of likely N-dealkylation sites (tertiary alicyclic amines) is 1. The third-order valence-corrected chi connectivity index (χ3v) is 3.71. The summed E-state index contributed by atoms with van der Waals surface area (Å²) >= 11 is 0. The van der Waals surface area contributed by atoms with Gasteiger partial charge in [-0.1, -0.05) is 0 Å². The molecule has 1 aliphatic rings. The van der Waals surface area contributed by atoms with Crippen LogP contribution in [0.15, 0.2) is 32.0 Å². The van der Waals surface area contributed by atoms with Crippen LogP contribution in [0.1, 0.15) is 27.2 Å². The van der Waals surface area contributed by atoms with Crippen LogP contribution >= 0.6 is 0 Å². The Hall–Kier alpha value is -2.51. The van der Waals surface area contributed by atoms with Crippen molar-refractivity contribution < 1.29 is 18.4 Å². The smallest absolute Gasteiger partial charge is 0.437 e. The van der Waals surface area contributed by atoms with Gasteiger partial charge in [-0.25, -0.2) is 9.59 Å². The first-order chi connectivity index (χ1) is 11.3. The van der Waals surface area contributed by atoms with E-state index in [1.165, 1.54) is 10.9 Å². The van der Waals surface area contributed by atoms with Gasteiger partial charge in [0, 0.05) is 13.1 Å². The number of furan rings is 1. The molecule has 2 aromatic heterocycles. The molecule has 24 heavy (non-hydrogen) atoms. The predicted octanol–water partition coefficient (Wildman–Crippen LogP) is 2.35. The topological polar surface area (TPSA) is 90.7 Å². The SMILES string of the molecule is CC(C)(C)OC(=O)N1CCC(Cn2nc(-c3ccco3)oc2=O)C1. The maximum atomic E-state index is 12.1. The van der Waals surface area contributed by atoms with Crippen LogP contribution in [0, 0.1) is 5.92 Å². The fourth-order valence-corrected chi connectivity index (χ4v) is 2.64. The molecule has 1 fully saturated rings. The van der Waals surface area contributed by atoms with Crippen molar-refractivity contribution in [2.45, 2.75) is 39.3 Å². The molecule has 1 aliphatic heterocycles. The van der Waals surface area contributed by atoms with Gasteiger partial charge >= 0.3 is 11.8 Å². The summed E-state index contributed by atoms with van der Waals surface area (Å²) in [5, 5.41) is 4.15. The summed E-state index contributed by atoms with van der Waals surface area (Å²) in [6, 6.07) is 3.37. The second-order valence-electron chi connectivity index (χ2n) is 6.91. The first-order valence-electron chi connectivity index (χ1n) is 7.91. The monoisotopic (exact) mass is 335 g/mol. The molecule has 0 radical (unpaired) electrons. The minimum atomic E-state index is -0.530. The Morgan fingerprint density at radius 3 is 2.92 bits per heavy atom. The highest BCUT2D eigenvalue weighted by Crippen LogP contribution is 2.21. The maximum absolute atomic E-state index is 12.1. The Balaban J connectivity index is 1.62. The molecular weight excluding hydrogens is 314 g/mol. The molecule has 2 aromatic rings. The van der Waals surface area contributed by atoms with Gasteiger partial charge in [0.05, 0.1) is 12.8 Å². The Morgan fingerprint density at radius 1 is 1.46 bits per heavy atom. The standard InChI is InChI=1S/C16H21N3O5/c1-16(2,3)24-14(20)18-7-6-11(9-18)10-19-15(21)23-13(17-19)12-5-4-8-22-12/h4-5,8,11H,6-7,9-10H2,1-3H3. The first-order valence-corrected chi connectivity index (χ1v) is 7.91. The molecule has 1 atom stereocenters. The Bertz CT molecular complexity index is 754. The van der Waals surface area contributed by atoms with Crippen LogP contribution in [0.2, 0.25) is 0 Å². The van der Waals surface area contributed by atoms with Crippen LogP contribution in [-0.4, -0.2) is 39.5 Å². The van der Waals surface area contributed by atoms with Crippen molar-refractivity contribution in [2.75, 3.05) is 13.1 Å². The molecule has 0 N–H and O–H groups in total. The minimum absolute atomic E-state index is 0.129. The highest BCUT2D eigenvalue weighted by molar-refractivity contribution is 5.68. The van der Waals surface area contributed by atoms with Crippen molar-refractivity contribution >= 4 is 6.09 Å². The lowest BCUT2D eigenvalue weighted by Gasteiger charge is -2.24. The average molecular weight is 335 g/mol. The summed E-state index contributed by atoms with van der Waals surface area (Å²) in [5.41, 5.74) is -0.518. The van der Waals surface area contributed by atoms with Gasteiger partial charge in [0.1, 0.15) is 5.60 Å². The molecule has 1 unspecified atom stereocenters. The molecule has 1 saturated heterocycles. The van der Waals surface area contributed by atoms with Gasteiger partial charge in [-0.15, -0.1) is 5.10 Å². The summed E-state index contributed by atoms with van der Waals surface area (Å²) < 4.78 is 16.9. The van der Waals surface area contributed by atoms with Gasteiger partial charge in [-0.05, 0) is 45.2 Å². The molecule has 0 spiro atoms. The summed E-state index contributed by atoms with van der Waals surface area (Å²) in [7, 11) is 0. The highest BCUT2D eigenvalue weighted by Gasteiger charge is 2.30. The maximum Gasteiger partial charge on any atom is 0.437 e. The van der Waals surface area contributed by atoms with E-state index >= 15 is 0 Å². The van der Waals surface area contributed by atoms with Crippen molar-refractivity contribution in [1.29, 1.82) is 0 Å². The summed E-state index contributed by atoms with van der Waals surface area (Å²) in [6.07, 6.45) is 1.95. The van der Waals surface area contributed by atoms with Crippen molar-refractivity contribution in [3.8, 4) is 11.7 Å². The van der Waals surface area contributed by atoms with E-state index in [4.69, 9.17) is 13.6 Å². The van der Waals surface area contributed by atoms with E-state index in [9.17, 15) is 9.59 Å². The third-order valence-electron chi connectivity index (χ3n) is 3.71. The lowest BCUT2D eigenvalue weighted by molar-refractivity contribution is 0.0286. The highest BCUT2D eigenvalue weighted by atomic mass is 16.6. The fraction of sp³-hybridized carbons (Fsp3) is 0.562. The number of hydrogen-bond acceptors (Lipinski definition) is 6. The average Bonchev–Trinajstić information content (AvgIpc) is 3.19. The molecular formula is C16H21N3O5. The second-order valence-corrected chi connectivity index (χ2v) is 6.91. The van der Waals surface area contributed by atoms with Crippen molar-refractivity contribution in [3.63, 3.8) is 0 Å². The molecule has 3 rings (SSSR count). The van der Waals surface area contributed by atoms with Crippen LogP contribution in [0.25, 0.3) is 11.7 Å². The summed E-state index contributed by atoms with van der Waals surface area (Å²) in [4.78, 5) is 25.6. The number of hydrogen-bond donors (Lipinski definition) is 0. The lowest BCUT2D eigenvalue weighted by Crippen LogP contribution is -2.35. The van der Waals surface area contributed by atoms with E-state index in [0.717, 1.165) is 6.42 Å². The first kappa shape index (κ1) is 16.4. The number of aromatic nitrogens is 2. The molecule has 0 saturated carbocycles. The van der Waals surface area contributed by atoms with E-state index in [-0.39, 0.29) is 17.9 Å². The molecule has 8 heteroatoms. The minimum Gasteiger partial charge on any atom is -0.459 e. The van der Waals surface area contributed by atoms with E-state index in [0.29, 0.717) is 25.4 Å². The molecule has 8 nitrogen and oxygen atoms in total. The van der Waals surface area contributed by atoms with Crippen molar-refractivity contribution in [3.05, 3.63) is 28.9 Å². The van der Waals surface area contributed by atoms with Crippen LogP contribution in [0.4, 0.5) is 4.79 Å². The largest absolute Gasteiger partial charge is 0.459 e. The van der Waals surface area contributed by atoms with Gasteiger partial charge in [0.25, 0.3) is 5.89 Å². The molecule has 1 amide bonds. The molecule has 0 aliphatic carbocycles. The van der Waals surface area contributed by atoms with E-state index in [1.54, 1.807) is 17.0 Å². The number of nitrogens with zero attached hydrogens (tertiary/aromatic N) is 3. The van der Waals surface area contributed by atoms with E-state index in [2.05, 4.69) is 5.10 Å². The van der Waals surface area contributed by atoms with Crippen LogP contribution < -0.4 is 5.76 Å². The third kappa shape index (κ3) is 3.69. The summed E-state index contributed by atoms with van der Waals surface area (Å²) in [5.74, 6) is 0.168. The Labute approximate surface area is 139 Å². The molecule has 0 aromatic carbocycles. The lowest BCUT2D eigenvalue weighted by atomic mass is 10.1. The molecule has 0 bridgehead atoms. The fourth-order valence-electron chi connectivity index (χ4n) is 2.64. The summed E-state index contributed by atoms with van der Waals surface area (Å²) in [6.45, 7) is 7.04. The van der Waals surface area contributed by atoms with Gasteiger partial charge in [0.2, 0.25) is 0 Å². The zero-order valence-corrected chi connectivity index (χ0v) is 14.0. The quantitative estimate of drug-likeness (QED) is 0.855. The zero-order chi connectivity index (χ0) is 17.3. The van der Waals surface area contributed by atoms with Gasteiger partial charge in [-0.2, -0.15) is 4.68 Å². The van der Waals surface area contributed by atoms with Crippen LogP contribution in [-0.2, 0) is 11.3 Å². The molecule has 3 heterocycles. The number of ether oxygens (including phenoxy) is 1. The van der Waals surface area contributed by atoms with Crippen LogP contribution in [0.3, 0.4) is 0 Å². The van der Waals surface area contributed by atoms with E-state index < -0.39 is 11.4 Å². The Kier molecular flexibility index (Phi) is 4.21. The normalized spacial score (nSPS) is 18.1. The zero-order valence-electron chi connectivity index (χ0n) is 14.0. The number of carbonyl (C=O) groups excluding carboxylic acids is 1. The number of amides is 1. The van der Waals surface area contributed by atoms with Gasteiger partial charge in [-0.3, -0.25) is 0 Å². The van der Waals surface area contributed by atoms with Gasteiger partial charge in [0.15, 0.2) is 5.76 Å².